The highest BCUT2D eigenvalue weighted by Gasteiger charge is 2.07. The molecule has 0 radical (unpaired) electrons. The van der Waals surface area contributed by atoms with Gasteiger partial charge in [0, 0.05) is 11.5 Å². The van der Waals surface area contributed by atoms with Gasteiger partial charge in [-0.2, -0.15) is 0 Å². The topological polar surface area (TPSA) is 29.1 Å². The summed E-state index contributed by atoms with van der Waals surface area (Å²) in [6, 6.07) is 9.74. The van der Waals surface area contributed by atoms with Gasteiger partial charge in [0.25, 0.3) is 0 Å². The fourth-order valence-corrected chi connectivity index (χ4v) is 1.16. The van der Waals surface area contributed by atoms with Crippen LogP contribution < -0.4 is 5.32 Å². The van der Waals surface area contributed by atoms with Gasteiger partial charge in [-0.1, -0.05) is 43.9 Å². The molecule has 0 heterocycles. The molecule has 1 atom stereocenters. The molecule has 1 N–H and O–H groups in total. The maximum Gasteiger partial charge on any atom is 0.223 e. The average Bonchev–Trinajstić information content (AvgIpc) is 2.34. The third kappa shape index (κ3) is 4.18. The first-order valence-corrected chi connectivity index (χ1v) is 5.55. The minimum Gasteiger partial charge on any atom is -0.345 e. The standard InChI is InChI=1S/C14H17NO/c1-3-12(2)14(16)15-11-7-10-13-8-5-4-6-9-13/h4-6,8-9,12H,3,11H2,1-2H3,(H,15,16). The van der Waals surface area contributed by atoms with Gasteiger partial charge in [0.05, 0.1) is 6.54 Å². The van der Waals surface area contributed by atoms with Crippen LogP contribution in [-0.4, -0.2) is 12.5 Å². The van der Waals surface area contributed by atoms with E-state index in [1.165, 1.54) is 0 Å². The molecule has 1 amide bonds. The lowest BCUT2D eigenvalue weighted by Gasteiger charge is -2.06. The lowest BCUT2D eigenvalue weighted by molar-refractivity contribution is -0.124. The smallest absolute Gasteiger partial charge is 0.223 e. The third-order valence-corrected chi connectivity index (χ3v) is 2.42. The highest BCUT2D eigenvalue weighted by molar-refractivity contribution is 5.78. The van der Waals surface area contributed by atoms with Crippen LogP contribution in [0, 0.1) is 17.8 Å². The molecule has 0 saturated heterocycles. The molecule has 2 nitrogen and oxygen atoms in total. The predicted octanol–water partition coefficient (Wildman–Crippen LogP) is 2.20. The van der Waals surface area contributed by atoms with Crippen molar-refractivity contribution in [3.8, 4) is 11.8 Å². The van der Waals surface area contributed by atoms with Crippen molar-refractivity contribution < 1.29 is 4.79 Å². The van der Waals surface area contributed by atoms with E-state index in [2.05, 4.69) is 17.2 Å². The van der Waals surface area contributed by atoms with Crippen molar-refractivity contribution in [3.05, 3.63) is 35.9 Å². The summed E-state index contributed by atoms with van der Waals surface area (Å²) in [6.45, 7) is 4.33. The van der Waals surface area contributed by atoms with E-state index in [-0.39, 0.29) is 11.8 Å². The molecule has 0 aliphatic heterocycles. The van der Waals surface area contributed by atoms with Crippen molar-refractivity contribution in [2.24, 2.45) is 5.92 Å². The Bertz CT molecular complexity index is 386. The Balaban J connectivity index is 2.36. The first kappa shape index (κ1) is 12.3. The second-order valence-electron chi connectivity index (χ2n) is 3.69. The number of carbonyl (C=O) groups excluding carboxylic acids is 1. The van der Waals surface area contributed by atoms with Crippen LogP contribution in [0.1, 0.15) is 25.8 Å². The van der Waals surface area contributed by atoms with E-state index >= 15 is 0 Å². The Morgan fingerprint density at radius 3 is 2.69 bits per heavy atom. The van der Waals surface area contributed by atoms with Gasteiger partial charge in [0.1, 0.15) is 0 Å². The van der Waals surface area contributed by atoms with Gasteiger partial charge in [-0.25, -0.2) is 0 Å². The Labute approximate surface area is 97.1 Å². The van der Waals surface area contributed by atoms with Crippen LogP contribution in [0.5, 0.6) is 0 Å². The second-order valence-corrected chi connectivity index (χ2v) is 3.69. The minimum atomic E-state index is 0.0681. The van der Waals surface area contributed by atoms with E-state index < -0.39 is 0 Å². The van der Waals surface area contributed by atoms with E-state index in [0.29, 0.717) is 6.54 Å². The van der Waals surface area contributed by atoms with Gasteiger partial charge in [0.15, 0.2) is 0 Å². The van der Waals surface area contributed by atoms with Crippen LogP contribution >= 0.6 is 0 Å². The predicted molar refractivity (Wildman–Crippen MR) is 65.8 cm³/mol. The number of rotatable bonds is 3. The summed E-state index contributed by atoms with van der Waals surface area (Å²) in [5, 5.41) is 2.79. The highest BCUT2D eigenvalue weighted by atomic mass is 16.1. The maximum atomic E-state index is 11.4. The maximum absolute atomic E-state index is 11.4. The zero-order valence-electron chi connectivity index (χ0n) is 9.79. The number of amides is 1. The Hall–Kier alpha value is -1.75. The molecule has 0 aromatic heterocycles. The molecule has 1 rings (SSSR count). The van der Waals surface area contributed by atoms with E-state index in [9.17, 15) is 4.79 Å². The van der Waals surface area contributed by atoms with Gasteiger partial charge in [-0.3, -0.25) is 4.79 Å². The van der Waals surface area contributed by atoms with E-state index in [1.54, 1.807) is 0 Å². The fraction of sp³-hybridized carbons (Fsp3) is 0.357. The molecule has 0 aliphatic rings. The molecular weight excluding hydrogens is 198 g/mol. The summed E-state index contributed by atoms with van der Waals surface area (Å²) >= 11 is 0. The summed E-state index contributed by atoms with van der Waals surface area (Å²) in [4.78, 5) is 11.4. The molecule has 0 aliphatic carbocycles. The lowest BCUT2D eigenvalue weighted by atomic mass is 10.1. The number of carbonyl (C=O) groups is 1. The first-order valence-electron chi connectivity index (χ1n) is 5.55. The molecule has 0 saturated carbocycles. The van der Waals surface area contributed by atoms with Crippen molar-refractivity contribution in [1.29, 1.82) is 0 Å². The minimum absolute atomic E-state index is 0.0681. The quantitative estimate of drug-likeness (QED) is 0.769. The summed E-state index contributed by atoms with van der Waals surface area (Å²) in [7, 11) is 0. The summed E-state index contributed by atoms with van der Waals surface area (Å²) in [6.07, 6.45) is 0.859. The van der Waals surface area contributed by atoms with Gasteiger partial charge >= 0.3 is 0 Å². The molecule has 0 fully saturated rings. The van der Waals surface area contributed by atoms with E-state index in [4.69, 9.17) is 0 Å². The van der Waals surface area contributed by atoms with Gasteiger partial charge in [0.2, 0.25) is 5.91 Å². The molecule has 1 aromatic rings. The molecule has 84 valence electrons. The average molecular weight is 215 g/mol. The molecule has 16 heavy (non-hydrogen) atoms. The highest BCUT2D eigenvalue weighted by Crippen LogP contribution is 1.98. The van der Waals surface area contributed by atoms with Crippen molar-refractivity contribution in [3.63, 3.8) is 0 Å². The van der Waals surface area contributed by atoms with Crippen LogP contribution in [0.3, 0.4) is 0 Å². The van der Waals surface area contributed by atoms with Crippen LogP contribution in [-0.2, 0) is 4.79 Å². The Morgan fingerprint density at radius 1 is 1.38 bits per heavy atom. The Kier molecular flexibility index (Phi) is 5.15. The van der Waals surface area contributed by atoms with Crippen LogP contribution in [0.4, 0.5) is 0 Å². The SMILES string of the molecule is CCC(C)C(=O)NCC#Cc1ccccc1. The van der Waals surface area contributed by atoms with Crippen LogP contribution in [0.15, 0.2) is 30.3 Å². The number of hydrogen-bond donors (Lipinski definition) is 1. The van der Waals surface area contributed by atoms with Crippen LogP contribution in [0.2, 0.25) is 0 Å². The van der Waals surface area contributed by atoms with Gasteiger partial charge in [-0.15, -0.1) is 0 Å². The summed E-state index contributed by atoms with van der Waals surface area (Å²) in [5.74, 6) is 6.06. The van der Waals surface area contributed by atoms with Crippen molar-refractivity contribution in [2.75, 3.05) is 6.54 Å². The van der Waals surface area contributed by atoms with E-state index in [1.807, 2.05) is 44.2 Å². The molecule has 1 unspecified atom stereocenters. The van der Waals surface area contributed by atoms with Crippen molar-refractivity contribution >= 4 is 5.91 Å². The monoisotopic (exact) mass is 215 g/mol. The number of nitrogens with one attached hydrogen (secondary N) is 1. The second kappa shape index (κ2) is 6.68. The molecular formula is C14H17NO. The van der Waals surface area contributed by atoms with Crippen molar-refractivity contribution in [1.82, 2.24) is 5.32 Å². The fourth-order valence-electron chi connectivity index (χ4n) is 1.16. The lowest BCUT2D eigenvalue weighted by Crippen LogP contribution is -2.29. The van der Waals surface area contributed by atoms with Crippen LogP contribution in [0.25, 0.3) is 0 Å². The third-order valence-electron chi connectivity index (χ3n) is 2.42. The van der Waals surface area contributed by atoms with Gasteiger partial charge < -0.3 is 5.32 Å². The summed E-state index contributed by atoms with van der Waals surface area (Å²) < 4.78 is 0. The Morgan fingerprint density at radius 2 is 2.06 bits per heavy atom. The zero-order valence-corrected chi connectivity index (χ0v) is 9.79. The number of hydrogen-bond acceptors (Lipinski definition) is 1. The van der Waals surface area contributed by atoms with Crippen molar-refractivity contribution in [2.45, 2.75) is 20.3 Å². The van der Waals surface area contributed by atoms with Gasteiger partial charge in [-0.05, 0) is 18.6 Å². The first-order chi connectivity index (χ1) is 7.74. The molecule has 0 bridgehead atoms. The van der Waals surface area contributed by atoms with E-state index in [0.717, 1.165) is 12.0 Å². The molecule has 1 aromatic carbocycles. The number of benzene rings is 1. The summed E-state index contributed by atoms with van der Waals surface area (Å²) in [5.41, 5.74) is 0.972. The zero-order chi connectivity index (χ0) is 11.8. The largest absolute Gasteiger partial charge is 0.345 e. The normalized spacial score (nSPS) is 11.1. The molecule has 0 spiro atoms. The molecule has 2 heteroatoms.